The Balaban J connectivity index is 1.58. The van der Waals surface area contributed by atoms with Crippen LogP contribution in [0.3, 0.4) is 0 Å². The molecule has 0 saturated heterocycles. The number of rotatable bonds is 5. The van der Waals surface area contributed by atoms with Gasteiger partial charge >= 0.3 is 0 Å². The molecule has 0 aliphatic carbocycles. The Bertz CT molecular complexity index is 1150. The minimum atomic E-state index is -0.206. The summed E-state index contributed by atoms with van der Waals surface area (Å²) >= 11 is 2.26. The lowest BCUT2D eigenvalue weighted by atomic mass is 10.2. The molecule has 5 nitrogen and oxygen atoms in total. The number of hydrogen-bond donors (Lipinski definition) is 1. The van der Waals surface area contributed by atoms with E-state index in [1.807, 2.05) is 43.3 Å². The molecule has 0 unspecified atom stereocenters. The van der Waals surface area contributed by atoms with E-state index in [1.165, 1.54) is 0 Å². The van der Waals surface area contributed by atoms with Gasteiger partial charge in [0.2, 0.25) is 5.89 Å². The van der Waals surface area contributed by atoms with Crippen molar-refractivity contribution in [3.05, 3.63) is 75.9 Å². The zero-order chi connectivity index (χ0) is 19.5. The van der Waals surface area contributed by atoms with Crippen LogP contribution in [0.25, 0.3) is 22.6 Å². The topological polar surface area (TPSA) is 64.4 Å². The summed E-state index contributed by atoms with van der Waals surface area (Å²) in [6.45, 7) is 2.46. The Kier molecular flexibility index (Phi) is 5.29. The van der Waals surface area contributed by atoms with Crippen LogP contribution < -0.4 is 10.1 Å². The highest BCUT2D eigenvalue weighted by molar-refractivity contribution is 14.1. The first-order valence-electron chi connectivity index (χ1n) is 8.83. The lowest BCUT2D eigenvalue weighted by Crippen LogP contribution is -2.11. The third-order valence-electron chi connectivity index (χ3n) is 4.12. The minimum absolute atomic E-state index is 0.206. The van der Waals surface area contributed by atoms with E-state index in [4.69, 9.17) is 9.15 Å². The molecule has 0 atom stereocenters. The summed E-state index contributed by atoms with van der Waals surface area (Å²) in [4.78, 5) is 17.1. The van der Waals surface area contributed by atoms with Gasteiger partial charge in [0.25, 0.3) is 5.91 Å². The Hall–Kier alpha value is -2.87. The normalized spacial score (nSPS) is 10.8. The van der Waals surface area contributed by atoms with Crippen LogP contribution in [0, 0.1) is 3.57 Å². The van der Waals surface area contributed by atoms with Gasteiger partial charge in [0.15, 0.2) is 5.58 Å². The first kappa shape index (κ1) is 18.5. The molecule has 1 heterocycles. The molecule has 0 fully saturated rings. The van der Waals surface area contributed by atoms with Gasteiger partial charge in [-0.3, -0.25) is 4.79 Å². The molecule has 6 heteroatoms. The number of ether oxygens (including phenoxy) is 1. The van der Waals surface area contributed by atoms with E-state index in [2.05, 4.69) is 32.9 Å². The predicted molar refractivity (Wildman–Crippen MR) is 118 cm³/mol. The lowest BCUT2D eigenvalue weighted by molar-refractivity contribution is 0.102. The van der Waals surface area contributed by atoms with Crippen LogP contribution in [-0.2, 0) is 0 Å². The van der Waals surface area contributed by atoms with Crippen molar-refractivity contribution < 1.29 is 13.9 Å². The molecule has 1 N–H and O–H groups in total. The number of anilines is 1. The number of aromatic nitrogens is 1. The highest BCUT2D eigenvalue weighted by Gasteiger charge is 2.11. The van der Waals surface area contributed by atoms with Gasteiger partial charge in [-0.05, 0) is 84.1 Å². The SMILES string of the molecule is CCOc1cccc(C(=O)Nc2ccc3oc(-c4cccc(I)c4)nc3c2)c1. The van der Waals surface area contributed by atoms with Crippen molar-refractivity contribution in [2.45, 2.75) is 6.92 Å². The fourth-order valence-electron chi connectivity index (χ4n) is 2.85. The highest BCUT2D eigenvalue weighted by Crippen LogP contribution is 2.27. The van der Waals surface area contributed by atoms with E-state index in [-0.39, 0.29) is 5.91 Å². The second-order valence-electron chi connectivity index (χ2n) is 6.13. The molecular formula is C22H17IN2O3. The molecule has 0 aliphatic rings. The smallest absolute Gasteiger partial charge is 0.255 e. The van der Waals surface area contributed by atoms with Gasteiger partial charge in [0, 0.05) is 20.4 Å². The monoisotopic (exact) mass is 484 g/mol. The number of nitrogens with zero attached hydrogens (tertiary/aromatic N) is 1. The summed E-state index contributed by atoms with van der Waals surface area (Å²) in [5, 5.41) is 2.90. The summed E-state index contributed by atoms with van der Waals surface area (Å²) in [6, 6.07) is 20.5. The van der Waals surface area contributed by atoms with Crippen LogP contribution >= 0.6 is 22.6 Å². The first-order valence-corrected chi connectivity index (χ1v) is 9.91. The maximum atomic E-state index is 12.6. The van der Waals surface area contributed by atoms with Gasteiger partial charge in [0.05, 0.1) is 6.61 Å². The van der Waals surface area contributed by atoms with Crippen LogP contribution in [0.4, 0.5) is 5.69 Å². The third kappa shape index (κ3) is 4.01. The number of hydrogen-bond acceptors (Lipinski definition) is 4. The first-order chi connectivity index (χ1) is 13.6. The molecule has 0 bridgehead atoms. The van der Waals surface area contributed by atoms with Crippen molar-refractivity contribution in [3.63, 3.8) is 0 Å². The number of benzene rings is 3. The van der Waals surface area contributed by atoms with Crippen molar-refractivity contribution in [2.24, 2.45) is 0 Å². The Morgan fingerprint density at radius 2 is 1.96 bits per heavy atom. The number of carbonyl (C=O) groups excluding carboxylic acids is 1. The van der Waals surface area contributed by atoms with E-state index < -0.39 is 0 Å². The molecule has 0 saturated carbocycles. The van der Waals surface area contributed by atoms with Crippen LogP contribution in [-0.4, -0.2) is 17.5 Å². The molecule has 1 amide bonds. The number of oxazole rings is 1. The zero-order valence-electron chi connectivity index (χ0n) is 15.1. The van der Waals surface area contributed by atoms with E-state index in [0.29, 0.717) is 40.6 Å². The van der Waals surface area contributed by atoms with E-state index in [1.54, 1.807) is 30.3 Å². The van der Waals surface area contributed by atoms with Gasteiger partial charge in [-0.15, -0.1) is 0 Å². The van der Waals surface area contributed by atoms with Crippen molar-refractivity contribution in [3.8, 4) is 17.2 Å². The molecule has 0 radical (unpaired) electrons. The van der Waals surface area contributed by atoms with Crippen LogP contribution in [0.1, 0.15) is 17.3 Å². The fourth-order valence-corrected chi connectivity index (χ4v) is 3.39. The summed E-state index contributed by atoms with van der Waals surface area (Å²) in [5.41, 5.74) is 3.47. The molecule has 4 aromatic rings. The van der Waals surface area contributed by atoms with Gasteiger partial charge in [-0.1, -0.05) is 12.1 Å². The van der Waals surface area contributed by atoms with Gasteiger partial charge in [0.1, 0.15) is 11.3 Å². The molecule has 0 aliphatic heterocycles. The lowest BCUT2D eigenvalue weighted by Gasteiger charge is -2.07. The molecule has 28 heavy (non-hydrogen) atoms. The average Bonchev–Trinajstić information content (AvgIpc) is 3.12. The van der Waals surface area contributed by atoms with Gasteiger partial charge in [-0.25, -0.2) is 4.98 Å². The largest absolute Gasteiger partial charge is 0.494 e. The average molecular weight is 484 g/mol. The van der Waals surface area contributed by atoms with Gasteiger partial charge in [-0.2, -0.15) is 0 Å². The van der Waals surface area contributed by atoms with Crippen molar-refractivity contribution in [1.82, 2.24) is 4.98 Å². The zero-order valence-corrected chi connectivity index (χ0v) is 17.3. The van der Waals surface area contributed by atoms with E-state index in [9.17, 15) is 4.79 Å². The molecule has 1 aromatic heterocycles. The van der Waals surface area contributed by atoms with Crippen LogP contribution in [0.5, 0.6) is 5.75 Å². The standard InChI is InChI=1S/C22H17IN2O3/c1-2-27-18-8-4-5-14(12-18)21(26)24-17-9-10-20-19(13-17)25-22(28-20)15-6-3-7-16(23)11-15/h3-13H,2H2,1H3,(H,24,26). The molecule has 0 spiro atoms. The second-order valence-corrected chi connectivity index (χ2v) is 7.37. The second kappa shape index (κ2) is 8.02. The Morgan fingerprint density at radius 3 is 2.79 bits per heavy atom. The number of carbonyl (C=O) groups is 1. The number of amides is 1. The quantitative estimate of drug-likeness (QED) is 0.367. The number of nitrogens with one attached hydrogen (secondary N) is 1. The summed E-state index contributed by atoms with van der Waals surface area (Å²) in [7, 11) is 0. The maximum absolute atomic E-state index is 12.6. The fraction of sp³-hybridized carbons (Fsp3) is 0.0909. The van der Waals surface area contributed by atoms with Crippen LogP contribution in [0.2, 0.25) is 0 Å². The van der Waals surface area contributed by atoms with Crippen LogP contribution in [0.15, 0.2) is 71.1 Å². The number of halogens is 1. The molecule has 140 valence electrons. The maximum Gasteiger partial charge on any atom is 0.255 e. The Morgan fingerprint density at radius 1 is 1.11 bits per heavy atom. The van der Waals surface area contributed by atoms with Crippen molar-refractivity contribution in [1.29, 1.82) is 0 Å². The predicted octanol–water partition coefficient (Wildman–Crippen LogP) is 5.75. The summed E-state index contributed by atoms with van der Waals surface area (Å²) < 4.78 is 12.4. The van der Waals surface area contributed by atoms with Crippen molar-refractivity contribution >= 4 is 45.3 Å². The summed E-state index contributed by atoms with van der Waals surface area (Å²) in [6.07, 6.45) is 0. The van der Waals surface area contributed by atoms with E-state index >= 15 is 0 Å². The highest BCUT2D eigenvalue weighted by atomic mass is 127. The summed E-state index contributed by atoms with van der Waals surface area (Å²) in [5.74, 6) is 1.02. The number of fused-ring (bicyclic) bond motifs is 1. The molecular weight excluding hydrogens is 467 g/mol. The Labute approximate surface area is 175 Å². The minimum Gasteiger partial charge on any atom is -0.494 e. The van der Waals surface area contributed by atoms with Crippen molar-refractivity contribution in [2.75, 3.05) is 11.9 Å². The van der Waals surface area contributed by atoms with Gasteiger partial charge < -0.3 is 14.5 Å². The third-order valence-corrected chi connectivity index (χ3v) is 4.80. The molecule has 3 aromatic carbocycles. The molecule has 4 rings (SSSR count). The van der Waals surface area contributed by atoms with E-state index in [0.717, 1.165) is 9.13 Å².